The molecule has 0 atom stereocenters. The Balaban J connectivity index is 2.08. The Morgan fingerprint density at radius 1 is 1.25 bits per heavy atom. The van der Waals surface area contributed by atoms with E-state index >= 15 is 0 Å². The highest BCUT2D eigenvalue weighted by Crippen LogP contribution is 2.14. The molecule has 0 aliphatic rings. The lowest BCUT2D eigenvalue weighted by Crippen LogP contribution is -2.03. The van der Waals surface area contributed by atoms with E-state index in [1.807, 2.05) is 30.3 Å². The molecule has 2 N–H and O–H groups in total. The number of aromatic nitrogens is 2. The van der Waals surface area contributed by atoms with Gasteiger partial charge in [-0.3, -0.25) is 0 Å². The zero-order chi connectivity index (χ0) is 11.4. The number of ether oxygens (including phenoxy) is 1. The third-order valence-electron chi connectivity index (χ3n) is 1.95. The van der Waals surface area contributed by atoms with Crippen LogP contribution in [0.4, 0.5) is 10.3 Å². The molecule has 0 saturated heterocycles. The van der Waals surface area contributed by atoms with Gasteiger partial charge in [-0.2, -0.15) is 9.37 Å². The number of nitrogens with two attached hydrogens (primary N) is 1. The Labute approximate surface area is 91.9 Å². The lowest BCUT2D eigenvalue weighted by atomic mass is 10.2. The summed E-state index contributed by atoms with van der Waals surface area (Å²) in [7, 11) is 0. The molecular weight excluding hydrogens is 209 g/mol. The van der Waals surface area contributed by atoms with E-state index in [2.05, 4.69) is 9.97 Å². The highest BCUT2D eigenvalue weighted by molar-refractivity contribution is 5.23. The molecule has 0 bridgehead atoms. The zero-order valence-corrected chi connectivity index (χ0v) is 8.43. The third-order valence-corrected chi connectivity index (χ3v) is 1.95. The first kappa shape index (κ1) is 10.4. The van der Waals surface area contributed by atoms with Crippen LogP contribution in [0.3, 0.4) is 0 Å². The van der Waals surface area contributed by atoms with E-state index < -0.39 is 5.82 Å². The first-order chi connectivity index (χ1) is 7.75. The van der Waals surface area contributed by atoms with Crippen LogP contribution in [-0.4, -0.2) is 9.97 Å². The van der Waals surface area contributed by atoms with Crippen LogP contribution >= 0.6 is 0 Å². The first-order valence-electron chi connectivity index (χ1n) is 4.70. The summed E-state index contributed by atoms with van der Waals surface area (Å²) in [6.45, 7) is 0.244. The number of nitrogen functional groups attached to an aromatic ring is 1. The molecular formula is C11H10FN3O. The molecule has 0 unspecified atom stereocenters. The number of hydrogen-bond acceptors (Lipinski definition) is 4. The zero-order valence-electron chi connectivity index (χ0n) is 8.43. The molecule has 0 fully saturated rings. The van der Waals surface area contributed by atoms with Gasteiger partial charge in [0.2, 0.25) is 11.8 Å². The molecule has 5 heteroatoms. The largest absolute Gasteiger partial charge is 0.471 e. The summed E-state index contributed by atoms with van der Waals surface area (Å²) in [6.07, 6.45) is 0.989. The van der Waals surface area contributed by atoms with E-state index in [9.17, 15) is 4.39 Å². The average Bonchev–Trinajstić information content (AvgIpc) is 2.32. The first-order valence-corrected chi connectivity index (χ1v) is 4.70. The molecule has 2 aromatic rings. The average molecular weight is 219 g/mol. The smallest absolute Gasteiger partial charge is 0.255 e. The number of anilines is 1. The summed E-state index contributed by atoms with van der Waals surface area (Å²) < 4.78 is 18.4. The molecule has 82 valence electrons. The lowest BCUT2D eigenvalue weighted by molar-refractivity contribution is 0.277. The molecule has 1 aromatic heterocycles. The Bertz CT molecular complexity index is 476. The summed E-state index contributed by atoms with van der Waals surface area (Å²) in [5, 5.41) is 0. The molecule has 4 nitrogen and oxygen atoms in total. The van der Waals surface area contributed by atoms with Gasteiger partial charge < -0.3 is 10.5 Å². The summed E-state index contributed by atoms with van der Waals surface area (Å²) in [5.74, 6) is -0.758. The van der Waals surface area contributed by atoms with Gasteiger partial charge in [-0.05, 0) is 5.56 Å². The van der Waals surface area contributed by atoms with Gasteiger partial charge in [-0.1, -0.05) is 30.3 Å². The van der Waals surface area contributed by atoms with Crippen molar-refractivity contribution in [2.45, 2.75) is 6.61 Å². The summed E-state index contributed by atoms with van der Waals surface area (Å²) >= 11 is 0. The summed E-state index contributed by atoms with van der Waals surface area (Å²) in [4.78, 5) is 7.16. The van der Waals surface area contributed by atoms with Crippen LogP contribution in [0.5, 0.6) is 5.88 Å². The predicted molar refractivity (Wildman–Crippen MR) is 57.2 cm³/mol. The quantitative estimate of drug-likeness (QED) is 0.854. The highest BCUT2D eigenvalue weighted by Gasteiger charge is 2.06. The van der Waals surface area contributed by atoms with Crippen molar-refractivity contribution in [3.8, 4) is 5.88 Å². The van der Waals surface area contributed by atoms with Gasteiger partial charge in [-0.25, -0.2) is 4.98 Å². The maximum Gasteiger partial charge on any atom is 0.255 e. The van der Waals surface area contributed by atoms with E-state index in [0.29, 0.717) is 0 Å². The van der Waals surface area contributed by atoms with Gasteiger partial charge in [-0.15, -0.1) is 0 Å². The minimum atomic E-state index is -0.620. The molecule has 2 rings (SSSR count). The van der Waals surface area contributed by atoms with Crippen LogP contribution in [0, 0.1) is 5.82 Å². The van der Waals surface area contributed by atoms with Crippen molar-refractivity contribution in [2.75, 3.05) is 5.73 Å². The van der Waals surface area contributed by atoms with Crippen LogP contribution < -0.4 is 10.5 Å². The molecule has 0 spiro atoms. The molecule has 1 heterocycles. The fraction of sp³-hybridized carbons (Fsp3) is 0.0909. The second kappa shape index (κ2) is 4.57. The van der Waals surface area contributed by atoms with Crippen LogP contribution in [0.25, 0.3) is 0 Å². The molecule has 16 heavy (non-hydrogen) atoms. The molecule has 0 aliphatic heterocycles. The molecule has 0 radical (unpaired) electrons. The van der Waals surface area contributed by atoms with Gasteiger partial charge in [0.15, 0.2) is 0 Å². The Kier molecular flexibility index (Phi) is 2.95. The van der Waals surface area contributed by atoms with Crippen molar-refractivity contribution < 1.29 is 9.13 Å². The maximum atomic E-state index is 13.2. The van der Waals surface area contributed by atoms with Crippen molar-refractivity contribution in [2.24, 2.45) is 0 Å². The summed E-state index contributed by atoms with van der Waals surface area (Å²) in [6, 6.07) is 9.41. The van der Waals surface area contributed by atoms with E-state index in [-0.39, 0.29) is 18.4 Å². The van der Waals surface area contributed by atoms with Crippen molar-refractivity contribution in [1.29, 1.82) is 0 Å². The lowest BCUT2D eigenvalue weighted by Gasteiger charge is -2.05. The van der Waals surface area contributed by atoms with Crippen molar-refractivity contribution in [3.05, 3.63) is 47.9 Å². The van der Waals surface area contributed by atoms with Crippen LogP contribution in [0.2, 0.25) is 0 Å². The highest BCUT2D eigenvalue weighted by atomic mass is 19.1. The molecule has 1 aromatic carbocycles. The van der Waals surface area contributed by atoms with Crippen molar-refractivity contribution >= 4 is 5.95 Å². The second-order valence-electron chi connectivity index (χ2n) is 3.16. The Hall–Kier alpha value is -2.17. The van der Waals surface area contributed by atoms with Crippen molar-refractivity contribution in [1.82, 2.24) is 9.97 Å². The predicted octanol–water partition coefficient (Wildman–Crippen LogP) is 1.78. The monoisotopic (exact) mass is 219 g/mol. The van der Waals surface area contributed by atoms with Gasteiger partial charge in [0.25, 0.3) is 5.88 Å². The number of halogens is 1. The fourth-order valence-electron chi connectivity index (χ4n) is 1.19. The molecule has 0 aliphatic carbocycles. The van der Waals surface area contributed by atoms with Gasteiger partial charge in [0.05, 0.1) is 6.20 Å². The van der Waals surface area contributed by atoms with Crippen LogP contribution in [-0.2, 0) is 6.61 Å². The fourth-order valence-corrected chi connectivity index (χ4v) is 1.19. The van der Waals surface area contributed by atoms with E-state index in [1.165, 1.54) is 0 Å². The van der Waals surface area contributed by atoms with Crippen molar-refractivity contribution in [3.63, 3.8) is 0 Å². The Morgan fingerprint density at radius 2 is 2.00 bits per heavy atom. The number of hydrogen-bond donors (Lipinski definition) is 1. The van der Waals surface area contributed by atoms with Gasteiger partial charge >= 0.3 is 0 Å². The van der Waals surface area contributed by atoms with Gasteiger partial charge in [0, 0.05) is 0 Å². The number of nitrogens with zero attached hydrogens (tertiary/aromatic N) is 2. The molecule has 0 amide bonds. The molecule has 0 saturated carbocycles. The van der Waals surface area contributed by atoms with E-state index in [1.54, 1.807) is 0 Å². The van der Waals surface area contributed by atoms with Crippen LogP contribution in [0.15, 0.2) is 36.5 Å². The maximum absolute atomic E-state index is 13.2. The minimum Gasteiger partial charge on any atom is -0.471 e. The number of rotatable bonds is 3. The minimum absolute atomic E-state index is 0.00976. The van der Waals surface area contributed by atoms with E-state index in [4.69, 9.17) is 10.5 Å². The summed E-state index contributed by atoms with van der Waals surface area (Å²) in [5.41, 5.74) is 6.26. The SMILES string of the molecule is Nc1ncc(F)c(OCc2ccccc2)n1. The topological polar surface area (TPSA) is 61.0 Å². The number of benzene rings is 1. The van der Waals surface area contributed by atoms with E-state index in [0.717, 1.165) is 11.8 Å². The second-order valence-corrected chi connectivity index (χ2v) is 3.16. The standard InChI is InChI=1S/C11H10FN3O/c12-9-6-14-11(13)15-10(9)16-7-8-4-2-1-3-5-8/h1-6H,7H2,(H2,13,14,15). The Morgan fingerprint density at radius 3 is 2.75 bits per heavy atom. The third kappa shape index (κ3) is 2.44. The van der Waals surface area contributed by atoms with Crippen LogP contribution in [0.1, 0.15) is 5.56 Å². The normalized spacial score (nSPS) is 10.1. The van der Waals surface area contributed by atoms with Gasteiger partial charge in [0.1, 0.15) is 6.61 Å².